The number of benzene rings is 1. The molecule has 0 saturated heterocycles. The molecule has 2 nitrogen and oxygen atoms in total. The summed E-state index contributed by atoms with van der Waals surface area (Å²) in [6.45, 7) is -0.773. The maximum Gasteiger partial charge on any atom is 0.387 e. The zero-order chi connectivity index (χ0) is 15.2. The Hall–Kier alpha value is -0.810. The van der Waals surface area contributed by atoms with E-state index in [0.717, 1.165) is 18.4 Å². The molecule has 1 N–H and O–H groups in total. The smallest absolute Gasteiger partial charge is 0.387 e. The van der Waals surface area contributed by atoms with Crippen LogP contribution in [-0.4, -0.2) is 24.2 Å². The minimum absolute atomic E-state index is 0.00514. The largest absolute Gasteiger partial charge is 0.434 e. The Morgan fingerprint density at radius 1 is 1.29 bits per heavy atom. The van der Waals surface area contributed by atoms with Gasteiger partial charge in [-0.05, 0) is 38.5 Å². The predicted octanol–water partition coefficient (Wildman–Crippen LogP) is 4.61. The number of hydrogen-bond donors (Lipinski definition) is 1. The highest BCUT2D eigenvalue weighted by atomic mass is 32.2. The Morgan fingerprint density at radius 3 is 2.76 bits per heavy atom. The van der Waals surface area contributed by atoms with Gasteiger partial charge in [-0.2, -0.15) is 20.5 Å². The summed E-state index contributed by atoms with van der Waals surface area (Å²) >= 11 is 1.92. The van der Waals surface area contributed by atoms with Crippen LogP contribution in [0.3, 0.4) is 0 Å². The lowest BCUT2D eigenvalue weighted by atomic mass is 9.93. The molecule has 21 heavy (non-hydrogen) atoms. The van der Waals surface area contributed by atoms with E-state index in [1.165, 1.54) is 12.8 Å². The van der Waals surface area contributed by atoms with Gasteiger partial charge >= 0.3 is 6.61 Å². The predicted molar refractivity (Wildman–Crippen MR) is 84.2 cm³/mol. The molecule has 1 fully saturated rings. The number of nitrogens with one attached hydrogen (secondary N) is 1. The molecule has 0 aliphatic heterocycles. The van der Waals surface area contributed by atoms with Crippen molar-refractivity contribution in [3.05, 3.63) is 29.8 Å². The zero-order valence-electron chi connectivity index (χ0n) is 12.5. The summed E-state index contributed by atoms with van der Waals surface area (Å²) in [4.78, 5) is 0. The summed E-state index contributed by atoms with van der Waals surface area (Å²) in [5.74, 6) is 0.268. The van der Waals surface area contributed by atoms with Gasteiger partial charge < -0.3 is 10.1 Å². The van der Waals surface area contributed by atoms with E-state index in [2.05, 4.69) is 16.3 Å². The highest BCUT2D eigenvalue weighted by molar-refractivity contribution is 7.99. The van der Waals surface area contributed by atoms with Crippen LogP contribution in [-0.2, 0) is 0 Å². The van der Waals surface area contributed by atoms with Gasteiger partial charge in [0.05, 0.1) is 0 Å². The van der Waals surface area contributed by atoms with Gasteiger partial charge in [0.2, 0.25) is 0 Å². The van der Waals surface area contributed by atoms with Crippen LogP contribution in [0.1, 0.15) is 44.2 Å². The van der Waals surface area contributed by atoms with E-state index in [0.29, 0.717) is 11.3 Å². The molecule has 0 amide bonds. The van der Waals surface area contributed by atoms with Gasteiger partial charge in [-0.1, -0.05) is 24.6 Å². The lowest BCUT2D eigenvalue weighted by Gasteiger charge is -2.31. The Bertz CT molecular complexity index is 444. The second-order valence-electron chi connectivity index (χ2n) is 5.53. The molecule has 3 unspecified atom stereocenters. The Labute approximate surface area is 129 Å². The lowest BCUT2D eigenvalue weighted by molar-refractivity contribution is -0.0507. The number of ether oxygens (including phenoxy) is 1. The Morgan fingerprint density at radius 2 is 2.05 bits per heavy atom. The molecular weight excluding hydrogens is 292 g/mol. The number of rotatable bonds is 6. The molecule has 1 saturated carbocycles. The minimum atomic E-state index is -2.78. The van der Waals surface area contributed by atoms with Gasteiger partial charge in [-0.3, -0.25) is 0 Å². The Balaban J connectivity index is 2.01. The SMILES string of the molecule is CSC1CCCC(NC(C)c2ccccc2OC(F)F)C1. The molecular formula is C16H23F2NOS. The van der Waals surface area contributed by atoms with Crippen molar-refractivity contribution in [2.45, 2.75) is 56.6 Å². The first-order chi connectivity index (χ1) is 10.1. The van der Waals surface area contributed by atoms with Crippen LogP contribution in [0.25, 0.3) is 0 Å². The average molecular weight is 315 g/mol. The molecule has 1 aromatic rings. The highest BCUT2D eigenvalue weighted by Gasteiger charge is 2.23. The molecule has 5 heteroatoms. The van der Waals surface area contributed by atoms with E-state index in [1.807, 2.05) is 30.8 Å². The van der Waals surface area contributed by atoms with Crippen molar-refractivity contribution >= 4 is 11.8 Å². The van der Waals surface area contributed by atoms with Crippen molar-refractivity contribution in [2.24, 2.45) is 0 Å². The van der Waals surface area contributed by atoms with E-state index >= 15 is 0 Å². The fourth-order valence-electron chi connectivity index (χ4n) is 3.00. The van der Waals surface area contributed by atoms with Gasteiger partial charge in [0.25, 0.3) is 0 Å². The van der Waals surface area contributed by atoms with E-state index in [-0.39, 0.29) is 11.8 Å². The number of hydrogen-bond acceptors (Lipinski definition) is 3. The van der Waals surface area contributed by atoms with E-state index in [4.69, 9.17) is 0 Å². The van der Waals surface area contributed by atoms with Gasteiger partial charge in [0, 0.05) is 22.9 Å². The first-order valence-electron chi connectivity index (χ1n) is 7.42. The lowest BCUT2D eigenvalue weighted by Crippen LogP contribution is -2.36. The molecule has 0 bridgehead atoms. The van der Waals surface area contributed by atoms with Gasteiger partial charge in [-0.25, -0.2) is 0 Å². The summed E-state index contributed by atoms with van der Waals surface area (Å²) in [5.41, 5.74) is 0.795. The fraction of sp³-hybridized carbons (Fsp3) is 0.625. The fourth-order valence-corrected chi connectivity index (χ4v) is 3.82. The third-order valence-electron chi connectivity index (χ3n) is 4.05. The second-order valence-corrected chi connectivity index (χ2v) is 6.66. The van der Waals surface area contributed by atoms with Crippen LogP contribution in [0.4, 0.5) is 8.78 Å². The molecule has 1 aliphatic carbocycles. The summed E-state index contributed by atoms with van der Waals surface area (Å²) in [7, 11) is 0. The van der Waals surface area contributed by atoms with Gasteiger partial charge in [0.15, 0.2) is 0 Å². The standard InChI is InChI=1S/C16H23F2NOS/c1-11(19-12-6-5-7-13(10-12)21-2)14-8-3-4-9-15(14)20-16(17)18/h3-4,8-9,11-13,16,19H,5-7,10H2,1-2H3. The molecule has 1 aliphatic rings. The van der Waals surface area contributed by atoms with Crippen molar-refractivity contribution in [1.82, 2.24) is 5.32 Å². The highest BCUT2D eigenvalue weighted by Crippen LogP contribution is 2.31. The van der Waals surface area contributed by atoms with Gasteiger partial charge in [0.1, 0.15) is 5.75 Å². The Kier molecular flexibility index (Phi) is 6.30. The molecule has 0 heterocycles. The average Bonchev–Trinajstić information content (AvgIpc) is 2.47. The maximum atomic E-state index is 12.5. The van der Waals surface area contributed by atoms with Crippen molar-refractivity contribution in [1.29, 1.82) is 0 Å². The summed E-state index contributed by atoms with van der Waals surface area (Å²) < 4.78 is 29.6. The zero-order valence-corrected chi connectivity index (χ0v) is 13.3. The topological polar surface area (TPSA) is 21.3 Å². The maximum absolute atomic E-state index is 12.5. The first-order valence-corrected chi connectivity index (χ1v) is 8.71. The number of alkyl halides is 2. The number of para-hydroxylation sites is 1. The van der Waals surface area contributed by atoms with Crippen molar-refractivity contribution in [3.63, 3.8) is 0 Å². The third-order valence-corrected chi connectivity index (χ3v) is 5.14. The summed E-state index contributed by atoms with van der Waals surface area (Å²) in [5, 5.41) is 4.28. The van der Waals surface area contributed by atoms with Crippen molar-refractivity contribution in [2.75, 3.05) is 6.26 Å². The van der Waals surface area contributed by atoms with Crippen LogP contribution < -0.4 is 10.1 Å². The van der Waals surface area contributed by atoms with Crippen LogP contribution in [0.2, 0.25) is 0 Å². The van der Waals surface area contributed by atoms with E-state index < -0.39 is 6.61 Å². The third kappa shape index (κ3) is 4.85. The van der Waals surface area contributed by atoms with E-state index in [1.54, 1.807) is 12.1 Å². The molecule has 0 spiro atoms. The molecule has 0 radical (unpaired) electrons. The van der Waals surface area contributed by atoms with Crippen molar-refractivity contribution < 1.29 is 13.5 Å². The number of halogens is 2. The van der Waals surface area contributed by atoms with Crippen LogP contribution >= 0.6 is 11.8 Å². The van der Waals surface area contributed by atoms with Gasteiger partial charge in [-0.15, -0.1) is 0 Å². The molecule has 1 aromatic carbocycles. The summed E-state index contributed by atoms with van der Waals surface area (Å²) in [6, 6.07) is 7.49. The number of thioether (sulfide) groups is 1. The van der Waals surface area contributed by atoms with Crippen LogP contribution in [0.5, 0.6) is 5.75 Å². The monoisotopic (exact) mass is 315 g/mol. The van der Waals surface area contributed by atoms with E-state index in [9.17, 15) is 8.78 Å². The minimum Gasteiger partial charge on any atom is -0.434 e. The van der Waals surface area contributed by atoms with Crippen LogP contribution in [0, 0.1) is 0 Å². The van der Waals surface area contributed by atoms with Crippen molar-refractivity contribution in [3.8, 4) is 5.75 Å². The van der Waals surface area contributed by atoms with Crippen LogP contribution in [0.15, 0.2) is 24.3 Å². The second kappa shape index (κ2) is 7.99. The quantitative estimate of drug-likeness (QED) is 0.828. The first kappa shape index (κ1) is 16.6. The molecule has 3 atom stereocenters. The normalized spacial score (nSPS) is 24.0. The molecule has 0 aromatic heterocycles. The molecule has 2 rings (SSSR count). The summed E-state index contributed by atoms with van der Waals surface area (Å²) in [6.07, 6.45) is 6.95. The molecule has 118 valence electrons.